The van der Waals surface area contributed by atoms with Crippen molar-refractivity contribution in [1.29, 1.82) is 0 Å². The lowest BCUT2D eigenvalue weighted by Gasteiger charge is -2.15. The third-order valence-corrected chi connectivity index (χ3v) is 4.44. The molecule has 2 N–H and O–H groups in total. The van der Waals surface area contributed by atoms with Crippen LogP contribution in [-0.4, -0.2) is 31.5 Å². The summed E-state index contributed by atoms with van der Waals surface area (Å²) in [4.78, 5) is 6.56. The number of nitrogens with zero attached hydrogens (tertiary/aromatic N) is 2. The van der Waals surface area contributed by atoms with Crippen molar-refractivity contribution >= 4 is 41.5 Å². The second kappa shape index (κ2) is 12.1. The molecule has 2 rings (SSSR count). The third-order valence-electron chi connectivity index (χ3n) is 4.07. The smallest absolute Gasteiger partial charge is 0.191 e. The predicted molar refractivity (Wildman–Crippen MR) is 122 cm³/mol. The van der Waals surface area contributed by atoms with Crippen molar-refractivity contribution in [2.24, 2.45) is 4.99 Å². The standard InChI is InChI=1S/C20H27ClN4.HI/c1-4-25(3)15-17-9-7-8-16(12-17)13-23-20(22-2)24-14-18-10-5-6-11-19(18)21;/h5-12H,4,13-15H2,1-3H3,(H2,22,23,24);1H. The Bertz CT molecular complexity index is 706. The van der Waals surface area contributed by atoms with E-state index < -0.39 is 0 Å². The largest absolute Gasteiger partial charge is 0.352 e. The van der Waals surface area contributed by atoms with Gasteiger partial charge < -0.3 is 15.5 Å². The Kier molecular flexibility index (Phi) is 10.6. The van der Waals surface area contributed by atoms with E-state index in [4.69, 9.17) is 11.6 Å². The van der Waals surface area contributed by atoms with Gasteiger partial charge in [0.15, 0.2) is 5.96 Å². The highest BCUT2D eigenvalue weighted by molar-refractivity contribution is 14.0. The molecule has 2 aromatic rings. The molecule has 6 heteroatoms. The van der Waals surface area contributed by atoms with E-state index in [2.05, 4.69) is 58.8 Å². The van der Waals surface area contributed by atoms with Crippen LogP contribution in [0.15, 0.2) is 53.5 Å². The maximum absolute atomic E-state index is 6.19. The molecular formula is C20H28ClIN4. The van der Waals surface area contributed by atoms with Crippen LogP contribution in [0.3, 0.4) is 0 Å². The Morgan fingerprint density at radius 3 is 2.42 bits per heavy atom. The van der Waals surface area contributed by atoms with Gasteiger partial charge in [-0.3, -0.25) is 4.99 Å². The van der Waals surface area contributed by atoms with Crippen LogP contribution in [0.4, 0.5) is 0 Å². The van der Waals surface area contributed by atoms with Gasteiger partial charge in [-0.15, -0.1) is 24.0 Å². The van der Waals surface area contributed by atoms with Crippen molar-refractivity contribution < 1.29 is 0 Å². The first kappa shape index (κ1) is 22.7. The molecule has 0 fully saturated rings. The molecule has 0 amide bonds. The molecule has 0 bridgehead atoms. The van der Waals surface area contributed by atoms with E-state index in [-0.39, 0.29) is 24.0 Å². The number of halogens is 2. The first-order chi connectivity index (χ1) is 12.1. The fourth-order valence-corrected chi connectivity index (χ4v) is 2.69. The van der Waals surface area contributed by atoms with E-state index in [1.807, 2.05) is 24.3 Å². The molecule has 4 nitrogen and oxygen atoms in total. The molecule has 0 saturated heterocycles. The molecule has 0 aliphatic rings. The lowest BCUT2D eigenvalue weighted by molar-refractivity contribution is 0.345. The fourth-order valence-electron chi connectivity index (χ4n) is 2.49. The van der Waals surface area contributed by atoms with Gasteiger partial charge in [-0.05, 0) is 36.3 Å². The monoisotopic (exact) mass is 486 g/mol. The summed E-state index contributed by atoms with van der Waals surface area (Å²) in [7, 11) is 3.90. The summed E-state index contributed by atoms with van der Waals surface area (Å²) in [5.41, 5.74) is 3.61. The summed E-state index contributed by atoms with van der Waals surface area (Å²) in [6.07, 6.45) is 0. The Labute approximate surface area is 179 Å². The van der Waals surface area contributed by atoms with Crippen LogP contribution >= 0.6 is 35.6 Å². The van der Waals surface area contributed by atoms with Crippen LogP contribution in [-0.2, 0) is 19.6 Å². The number of guanidine groups is 1. The molecule has 0 saturated carbocycles. The molecule has 2 aromatic carbocycles. The van der Waals surface area contributed by atoms with Gasteiger partial charge in [0.05, 0.1) is 0 Å². The topological polar surface area (TPSA) is 39.7 Å². The number of benzene rings is 2. The van der Waals surface area contributed by atoms with Gasteiger partial charge in [0.1, 0.15) is 0 Å². The summed E-state index contributed by atoms with van der Waals surface area (Å²) in [5, 5.41) is 7.41. The van der Waals surface area contributed by atoms with Crippen molar-refractivity contribution in [1.82, 2.24) is 15.5 Å². The van der Waals surface area contributed by atoms with Crippen LogP contribution in [0.25, 0.3) is 0 Å². The van der Waals surface area contributed by atoms with Crippen molar-refractivity contribution in [3.8, 4) is 0 Å². The lowest BCUT2D eigenvalue weighted by atomic mass is 10.1. The average molecular weight is 487 g/mol. The second-order valence-corrected chi connectivity index (χ2v) is 6.43. The zero-order valence-corrected chi connectivity index (χ0v) is 18.7. The fraction of sp³-hybridized carbons (Fsp3) is 0.350. The van der Waals surface area contributed by atoms with Crippen molar-refractivity contribution in [2.75, 3.05) is 20.6 Å². The SMILES string of the molecule is CCN(C)Cc1cccc(CNC(=NC)NCc2ccccc2Cl)c1.I. The summed E-state index contributed by atoms with van der Waals surface area (Å²) in [6, 6.07) is 16.5. The van der Waals surface area contributed by atoms with Gasteiger partial charge in [-0.2, -0.15) is 0 Å². The second-order valence-electron chi connectivity index (χ2n) is 6.02. The summed E-state index contributed by atoms with van der Waals surface area (Å²) < 4.78 is 0. The van der Waals surface area contributed by atoms with Crippen LogP contribution in [0.1, 0.15) is 23.6 Å². The summed E-state index contributed by atoms with van der Waals surface area (Å²) in [6.45, 7) is 5.54. The summed E-state index contributed by atoms with van der Waals surface area (Å²) >= 11 is 6.19. The van der Waals surface area contributed by atoms with Gasteiger partial charge in [-0.25, -0.2) is 0 Å². The van der Waals surface area contributed by atoms with E-state index >= 15 is 0 Å². The van der Waals surface area contributed by atoms with Crippen molar-refractivity contribution in [3.63, 3.8) is 0 Å². The molecule has 0 heterocycles. The minimum absolute atomic E-state index is 0. The molecule has 0 atom stereocenters. The highest BCUT2D eigenvalue weighted by Crippen LogP contribution is 2.14. The van der Waals surface area contributed by atoms with E-state index in [0.29, 0.717) is 6.54 Å². The maximum atomic E-state index is 6.19. The molecule has 0 radical (unpaired) electrons. The third kappa shape index (κ3) is 7.51. The lowest BCUT2D eigenvalue weighted by Crippen LogP contribution is -2.36. The van der Waals surface area contributed by atoms with Crippen molar-refractivity contribution in [3.05, 3.63) is 70.2 Å². The van der Waals surface area contributed by atoms with E-state index in [9.17, 15) is 0 Å². The van der Waals surface area contributed by atoms with Crippen molar-refractivity contribution in [2.45, 2.75) is 26.6 Å². The number of hydrogen-bond acceptors (Lipinski definition) is 2. The number of nitrogens with one attached hydrogen (secondary N) is 2. The van der Waals surface area contributed by atoms with Gasteiger partial charge in [0.25, 0.3) is 0 Å². The first-order valence-corrected chi connectivity index (χ1v) is 8.94. The average Bonchev–Trinajstić information content (AvgIpc) is 2.63. The quantitative estimate of drug-likeness (QED) is 0.349. The van der Waals surface area contributed by atoms with Gasteiger partial charge in [0.2, 0.25) is 0 Å². The molecule has 26 heavy (non-hydrogen) atoms. The molecular weight excluding hydrogens is 459 g/mol. The van der Waals surface area contributed by atoms with Crippen LogP contribution < -0.4 is 10.6 Å². The molecule has 0 aliphatic carbocycles. The Morgan fingerprint density at radius 1 is 1.04 bits per heavy atom. The van der Waals surface area contributed by atoms with Crippen LogP contribution in [0.2, 0.25) is 5.02 Å². The molecule has 0 aromatic heterocycles. The number of aliphatic imine (C=N–C) groups is 1. The van der Waals surface area contributed by atoms with E-state index in [0.717, 1.165) is 36.2 Å². The Balaban J connectivity index is 0.00000338. The predicted octanol–water partition coefficient (Wildman–Crippen LogP) is 4.27. The molecule has 142 valence electrons. The summed E-state index contributed by atoms with van der Waals surface area (Å²) in [5.74, 6) is 0.760. The van der Waals surface area contributed by atoms with Gasteiger partial charge in [0, 0.05) is 31.7 Å². The molecule has 0 unspecified atom stereocenters. The van der Waals surface area contributed by atoms with Crippen LogP contribution in [0, 0.1) is 0 Å². The van der Waals surface area contributed by atoms with Crippen LogP contribution in [0.5, 0.6) is 0 Å². The minimum Gasteiger partial charge on any atom is -0.352 e. The number of rotatable bonds is 7. The minimum atomic E-state index is 0. The number of hydrogen-bond donors (Lipinski definition) is 2. The Hall–Kier alpha value is -1.31. The molecule has 0 spiro atoms. The highest BCUT2D eigenvalue weighted by atomic mass is 127. The highest BCUT2D eigenvalue weighted by Gasteiger charge is 2.03. The normalized spacial score (nSPS) is 11.2. The van der Waals surface area contributed by atoms with E-state index in [1.54, 1.807) is 7.05 Å². The van der Waals surface area contributed by atoms with Gasteiger partial charge in [-0.1, -0.05) is 61.0 Å². The Morgan fingerprint density at radius 2 is 1.73 bits per heavy atom. The maximum Gasteiger partial charge on any atom is 0.191 e. The first-order valence-electron chi connectivity index (χ1n) is 8.56. The van der Waals surface area contributed by atoms with Gasteiger partial charge >= 0.3 is 0 Å². The zero-order valence-electron chi connectivity index (χ0n) is 15.6. The van der Waals surface area contributed by atoms with E-state index in [1.165, 1.54) is 11.1 Å². The molecule has 0 aliphatic heterocycles. The zero-order chi connectivity index (χ0) is 18.1.